The summed E-state index contributed by atoms with van der Waals surface area (Å²) in [5.41, 5.74) is 0.623. The van der Waals surface area contributed by atoms with Gasteiger partial charge in [0.2, 0.25) is 0 Å². The summed E-state index contributed by atoms with van der Waals surface area (Å²) in [4.78, 5) is 0. The van der Waals surface area contributed by atoms with Crippen LogP contribution >= 0.6 is 15.9 Å². The van der Waals surface area contributed by atoms with E-state index in [0.29, 0.717) is 11.7 Å². The van der Waals surface area contributed by atoms with Crippen LogP contribution < -0.4 is 5.32 Å². The predicted octanol–water partition coefficient (Wildman–Crippen LogP) is 6.53. The SMILES string of the molecule is CCCCCC(CCCCC)Nc1cc(Br)ccc1F. The third-order valence-corrected chi connectivity index (χ3v) is 4.09. The Morgan fingerprint density at radius 1 is 1.05 bits per heavy atom. The summed E-state index contributed by atoms with van der Waals surface area (Å²) in [5.74, 6) is -0.163. The minimum Gasteiger partial charge on any atom is -0.380 e. The molecule has 0 spiro atoms. The van der Waals surface area contributed by atoms with Gasteiger partial charge < -0.3 is 5.32 Å². The van der Waals surface area contributed by atoms with Crippen molar-refractivity contribution in [1.29, 1.82) is 0 Å². The van der Waals surface area contributed by atoms with E-state index in [1.165, 1.54) is 44.6 Å². The first kappa shape index (κ1) is 17.5. The van der Waals surface area contributed by atoms with E-state index in [4.69, 9.17) is 0 Å². The van der Waals surface area contributed by atoms with Crippen molar-refractivity contribution >= 4 is 21.6 Å². The van der Waals surface area contributed by atoms with Crippen LogP contribution in [0.3, 0.4) is 0 Å². The van der Waals surface area contributed by atoms with Crippen molar-refractivity contribution < 1.29 is 4.39 Å². The molecule has 0 saturated heterocycles. The number of halogens is 2. The molecule has 3 heteroatoms. The highest BCUT2D eigenvalue weighted by Gasteiger charge is 2.11. The van der Waals surface area contributed by atoms with Crippen LogP contribution in [0.5, 0.6) is 0 Å². The molecule has 1 N–H and O–H groups in total. The van der Waals surface area contributed by atoms with Gasteiger partial charge >= 0.3 is 0 Å². The van der Waals surface area contributed by atoms with E-state index >= 15 is 0 Å². The summed E-state index contributed by atoms with van der Waals surface area (Å²) in [5, 5.41) is 3.40. The van der Waals surface area contributed by atoms with Gasteiger partial charge in [0.15, 0.2) is 0 Å². The highest BCUT2D eigenvalue weighted by atomic mass is 79.9. The Labute approximate surface area is 131 Å². The molecule has 0 bridgehead atoms. The number of hydrogen-bond donors (Lipinski definition) is 1. The number of unbranched alkanes of at least 4 members (excludes halogenated alkanes) is 4. The lowest BCUT2D eigenvalue weighted by atomic mass is 10.0. The molecule has 1 rings (SSSR count). The van der Waals surface area contributed by atoms with Gasteiger partial charge in [-0.25, -0.2) is 4.39 Å². The summed E-state index contributed by atoms with van der Waals surface area (Å²) in [6, 6.07) is 5.48. The summed E-state index contributed by atoms with van der Waals surface area (Å²) in [6.45, 7) is 4.43. The van der Waals surface area contributed by atoms with Crippen LogP contribution in [0.2, 0.25) is 0 Å². The van der Waals surface area contributed by atoms with Gasteiger partial charge in [0, 0.05) is 10.5 Å². The highest BCUT2D eigenvalue weighted by Crippen LogP contribution is 2.23. The molecular weight excluding hydrogens is 317 g/mol. The first-order valence-electron chi connectivity index (χ1n) is 7.89. The number of benzene rings is 1. The molecule has 1 nitrogen and oxygen atoms in total. The quantitative estimate of drug-likeness (QED) is 0.476. The predicted molar refractivity (Wildman–Crippen MR) is 89.8 cm³/mol. The Hall–Kier alpha value is -0.570. The molecule has 20 heavy (non-hydrogen) atoms. The van der Waals surface area contributed by atoms with Gasteiger partial charge in [-0.3, -0.25) is 0 Å². The number of nitrogens with one attached hydrogen (secondary N) is 1. The van der Waals surface area contributed by atoms with Gasteiger partial charge in [0.1, 0.15) is 5.82 Å². The van der Waals surface area contributed by atoms with Crippen molar-refractivity contribution in [1.82, 2.24) is 0 Å². The molecule has 0 atom stereocenters. The van der Waals surface area contributed by atoms with E-state index in [9.17, 15) is 4.39 Å². The zero-order valence-corrected chi connectivity index (χ0v) is 14.3. The van der Waals surface area contributed by atoms with E-state index in [0.717, 1.165) is 17.3 Å². The normalized spacial score (nSPS) is 11.1. The van der Waals surface area contributed by atoms with E-state index in [1.54, 1.807) is 6.07 Å². The van der Waals surface area contributed by atoms with Crippen molar-refractivity contribution in [3.8, 4) is 0 Å². The fraction of sp³-hybridized carbons (Fsp3) is 0.647. The fourth-order valence-corrected chi connectivity index (χ4v) is 2.76. The molecule has 0 fully saturated rings. The summed E-state index contributed by atoms with van der Waals surface area (Å²) in [6.07, 6.45) is 9.67. The molecule has 0 radical (unpaired) electrons. The molecule has 0 aliphatic rings. The van der Waals surface area contributed by atoms with E-state index in [2.05, 4.69) is 35.1 Å². The molecule has 0 saturated carbocycles. The van der Waals surface area contributed by atoms with Crippen LogP contribution in [0.15, 0.2) is 22.7 Å². The molecule has 1 aromatic carbocycles. The Kier molecular flexibility index (Phi) is 8.92. The smallest absolute Gasteiger partial charge is 0.146 e. The molecular formula is C17H27BrFN. The van der Waals surface area contributed by atoms with E-state index in [-0.39, 0.29) is 5.82 Å². The second-order valence-electron chi connectivity index (χ2n) is 5.46. The van der Waals surface area contributed by atoms with Crippen LogP contribution in [0.4, 0.5) is 10.1 Å². The monoisotopic (exact) mass is 343 g/mol. The van der Waals surface area contributed by atoms with Crippen molar-refractivity contribution in [2.24, 2.45) is 0 Å². The van der Waals surface area contributed by atoms with Gasteiger partial charge in [-0.15, -0.1) is 0 Å². The molecule has 1 aromatic rings. The molecule has 0 heterocycles. The molecule has 0 aromatic heterocycles. The Morgan fingerprint density at radius 3 is 2.20 bits per heavy atom. The van der Waals surface area contributed by atoms with Crippen LogP contribution in [-0.4, -0.2) is 6.04 Å². The maximum atomic E-state index is 13.8. The number of rotatable bonds is 10. The van der Waals surface area contributed by atoms with Gasteiger partial charge in [0.05, 0.1) is 5.69 Å². The maximum absolute atomic E-state index is 13.8. The van der Waals surface area contributed by atoms with Gasteiger partial charge in [0.25, 0.3) is 0 Å². The Balaban J connectivity index is 2.58. The van der Waals surface area contributed by atoms with Crippen molar-refractivity contribution in [2.45, 2.75) is 71.3 Å². The van der Waals surface area contributed by atoms with Crippen LogP contribution in [0.1, 0.15) is 65.2 Å². The average Bonchev–Trinajstić information content (AvgIpc) is 2.43. The molecule has 0 aliphatic carbocycles. The minimum atomic E-state index is -0.163. The molecule has 0 unspecified atom stereocenters. The lowest BCUT2D eigenvalue weighted by Crippen LogP contribution is -2.20. The third-order valence-electron chi connectivity index (χ3n) is 3.60. The standard InChI is InChI=1S/C17H27BrFN/c1-3-5-7-9-15(10-8-6-4-2)20-17-13-14(18)11-12-16(17)19/h11-13,15,20H,3-10H2,1-2H3. The van der Waals surface area contributed by atoms with Gasteiger partial charge in [-0.2, -0.15) is 0 Å². The van der Waals surface area contributed by atoms with Gasteiger partial charge in [-0.05, 0) is 31.0 Å². The van der Waals surface area contributed by atoms with Gasteiger partial charge in [-0.1, -0.05) is 68.3 Å². The highest BCUT2D eigenvalue weighted by molar-refractivity contribution is 9.10. The summed E-state index contributed by atoms with van der Waals surface area (Å²) in [7, 11) is 0. The topological polar surface area (TPSA) is 12.0 Å². The van der Waals surface area contributed by atoms with Crippen molar-refractivity contribution in [2.75, 3.05) is 5.32 Å². The van der Waals surface area contributed by atoms with Crippen LogP contribution in [-0.2, 0) is 0 Å². The first-order valence-corrected chi connectivity index (χ1v) is 8.68. The maximum Gasteiger partial charge on any atom is 0.146 e. The number of hydrogen-bond acceptors (Lipinski definition) is 1. The number of anilines is 1. The van der Waals surface area contributed by atoms with Crippen molar-refractivity contribution in [3.63, 3.8) is 0 Å². The first-order chi connectivity index (χ1) is 9.67. The fourth-order valence-electron chi connectivity index (χ4n) is 2.40. The summed E-state index contributed by atoms with van der Waals surface area (Å²) < 4.78 is 14.7. The molecule has 114 valence electrons. The Morgan fingerprint density at radius 2 is 1.65 bits per heavy atom. The van der Waals surface area contributed by atoms with E-state index < -0.39 is 0 Å². The zero-order chi connectivity index (χ0) is 14.8. The lowest BCUT2D eigenvalue weighted by molar-refractivity contribution is 0.522. The largest absolute Gasteiger partial charge is 0.380 e. The lowest BCUT2D eigenvalue weighted by Gasteiger charge is -2.20. The molecule has 0 amide bonds. The second-order valence-corrected chi connectivity index (χ2v) is 6.37. The second kappa shape index (κ2) is 10.2. The van der Waals surface area contributed by atoms with E-state index in [1.807, 2.05) is 6.07 Å². The zero-order valence-electron chi connectivity index (χ0n) is 12.7. The minimum absolute atomic E-state index is 0.163. The molecule has 0 aliphatic heterocycles. The average molecular weight is 344 g/mol. The van der Waals surface area contributed by atoms with Crippen LogP contribution in [0, 0.1) is 5.82 Å². The van der Waals surface area contributed by atoms with Crippen LogP contribution in [0.25, 0.3) is 0 Å². The summed E-state index contributed by atoms with van der Waals surface area (Å²) >= 11 is 3.41. The van der Waals surface area contributed by atoms with Crippen molar-refractivity contribution in [3.05, 3.63) is 28.5 Å². The third kappa shape index (κ3) is 6.74. The Bertz CT molecular complexity index is 371.